The molecule has 3 aliphatic heterocycles. The summed E-state index contributed by atoms with van der Waals surface area (Å²) in [6.45, 7) is 14.5. The van der Waals surface area contributed by atoms with Crippen LogP contribution in [0.4, 0.5) is 68.0 Å². The molecule has 5 aromatic carbocycles. The number of benzene rings is 5. The minimum Gasteiger partial charge on any atom is -0.469 e. The van der Waals surface area contributed by atoms with Crippen molar-refractivity contribution in [3.05, 3.63) is 147 Å². The van der Waals surface area contributed by atoms with Gasteiger partial charge >= 0.3 is 30.5 Å². The molecule has 3 saturated carbocycles. The number of aryl methyl sites for hydroxylation is 7. The Bertz CT molecular complexity index is 3450. The monoisotopic (exact) mass is 1400 g/mol. The topological polar surface area (TPSA) is 169 Å². The number of carbonyl (C=O) groups is 6. The summed E-state index contributed by atoms with van der Waals surface area (Å²) in [7, 11) is 2.78. The van der Waals surface area contributed by atoms with Gasteiger partial charge in [-0.25, -0.2) is 0 Å². The van der Waals surface area contributed by atoms with Gasteiger partial charge in [0.2, 0.25) is 23.6 Å². The van der Waals surface area contributed by atoms with E-state index in [1.165, 1.54) is 39.5 Å². The van der Waals surface area contributed by atoms with Crippen molar-refractivity contribution in [1.82, 2.24) is 0 Å². The third-order valence-electron chi connectivity index (χ3n) is 18.3. The molecule has 4 amide bonds. The van der Waals surface area contributed by atoms with Crippen LogP contribution in [0, 0.1) is 77.0 Å². The van der Waals surface area contributed by atoms with Crippen LogP contribution in [-0.4, -0.2) is 73.3 Å². The molecule has 3 atom stereocenters. The molecule has 0 spiro atoms. The highest BCUT2D eigenvalue weighted by Crippen LogP contribution is 2.52. The van der Waals surface area contributed by atoms with Crippen LogP contribution < -0.4 is 25.8 Å². The molecule has 3 unspecified atom stereocenters. The summed E-state index contributed by atoms with van der Waals surface area (Å²) >= 11 is 2.49. The molecule has 0 bridgehead atoms. The number of halogens is 10. The zero-order valence-corrected chi connectivity index (χ0v) is 55.2. The van der Waals surface area contributed by atoms with Crippen molar-refractivity contribution in [2.75, 3.05) is 59.6 Å². The van der Waals surface area contributed by atoms with Crippen LogP contribution in [0.2, 0.25) is 0 Å². The van der Waals surface area contributed by atoms with E-state index < -0.39 is 51.7 Å². The van der Waals surface area contributed by atoms with Gasteiger partial charge in [-0.2, -0.15) is 39.5 Å². The van der Waals surface area contributed by atoms with Gasteiger partial charge in [-0.1, -0.05) is 96.5 Å². The lowest BCUT2D eigenvalue weighted by molar-refractivity contribution is -0.158. The van der Waals surface area contributed by atoms with E-state index in [2.05, 4.69) is 27.9 Å². The van der Waals surface area contributed by atoms with Crippen molar-refractivity contribution in [3.8, 4) is 0 Å². The summed E-state index contributed by atoms with van der Waals surface area (Å²) in [5.74, 6) is -1.03. The van der Waals surface area contributed by atoms with E-state index in [1.54, 1.807) is 21.6 Å². The molecular formula is C69H79F9IN5O8. The number of hydrogen-bond acceptors (Lipinski definition) is 9. The fourth-order valence-electron chi connectivity index (χ4n) is 12.9. The van der Waals surface area contributed by atoms with E-state index in [1.807, 2.05) is 96.1 Å². The zero-order chi connectivity index (χ0) is 68.0. The third-order valence-corrected chi connectivity index (χ3v) is 19.6. The minimum absolute atomic E-state index is 0.0113. The maximum Gasteiger partial charge on any atom is 0.416 e. The summed E-state index contributed by atoms with van der Waals surface area (Å²) < 4.78 is 123. The summed E-state index contributed by atoms with van der Waals surface area (Å²) in [5.41, 5.74) is 8.53. The van der Waals surface area contributed by atoms with E-state index in [-0.39, 0.29) is 90.9 Å². The SMILES string of the molecule is COC(=O)C1(C2CCC2)CC(=O)N(c2c(C)cccc2C)C1.COC(=O)C1CC(=O)N(c2c(C)cccc2C)C1.Cc1cc(NC(=O)C2(C3CCC3)CC(=O)N(c3c(C)cccc3C)C2)cc(C(F)(F)F)c1.IC1CCC1.Nc1cc(C(F)(F)F)cc(C(F)(F)F)c1. The Balaban J connectivity index is 0.000000176. The smallest absolute Gasteiger partial charge is 0.416 e. The predicted octanol–water partition coefficient (Wildman–Crippen LogP) is 15.9. The number of carbonyl (C=O) groups excluding carboxylic acids is 6. The highest BCUT2D eigenvalue weighted by Gasteiger charge is 2.58. The molecule has 13 nitrogen and oxygen atoms in total. The molecule has 11 rings (SSSR count). The van der Waals surface area contributed by atoms with Gasteiger partial charge in [-0.05, 0) is 174 Å². The first-order valence-corrected chi connectivity index (χ1v) is 31.7. The van der Waals surface area contributed by atoms with E-state index in [0.717, 1.165) is 105 Å². The van der Waals surface area contributed by atoms with Gasteiger partial charge in [-0.15, -0.1) is 0 Å². The number of ether oxygens (including phenoxy) is 2. The molecule has 6 fully saturated rings. The quantitative estimate of drug-likeness (QED) is 0.0480. The normalized spacial score (nSPS) is 20.8. The fraction of sp³-hybridized carbons (Fsp3) is 0.478. The number of methoxy groups -OCH3 is 2. The Labute approximate surface area is 544 Å². The molecule has 92 heavy (non-hydrogen) atoms. The lowest BCUT2D eigenvalue weighted by Gasteiger charge is -2.41. The van der Waals surface area contributed by atoms with Crippen molar-refractivity contribution in [3.63, 3.8) is 0 Å². The largest absolute Gasteiger partial charge is 0.469 e. The first kappa shape index (κ1) is 72.2. The third kappa shape index (κ3) is 16.6. The number of para-hydroxylation sites is 3. The van der Waals surface area contributed by atoms with Gasteiger partial charge in [-0.3, -0.25) is 28.8 Å². The number of nitrogen functional groups attached to an aromatic ring is 1. The van der Waals surface area contributed by atoms with Crippen molar-refractivity contribution in [1.29, 1.82) is 0 Å². The Kier molecular flexibility index (Phi) is 23.1. The van der Waals surface area contributed by atoms with Crippen LogP contribution in [0.1, 0.15) is 133 Å². The number of nitrogens with one attached hydrogen (secondary N) is 1. The number of hydrogen-bond donors (Lipinski definition) is 2. The van der Waals surface area contributed by atoms with Crippen LogP contribution in [0.3, 0.4) is 0 Å². The maximum atomic E-state index is 13.6. The lowest BCUT2D eigenvalue weighted by atomic mass is 9.64. The van der Waals surface area contributed by atoms with E-state index in [0.29, 0.717) is 30.8 Å². The fourth-order valence-corrected chi connectivity index (χ4v) is 13.7. The molecule has 6 aliphatic rings. The van der Waals surface area contributed by atoms with Crippen LogP contribution in [0.15, 0.2) is 91.0 Å². The van der Waals surface area contributed by atoms with Crippen LogP contribution in [-0.2, 0) is 56.8 Å². The summed E-state index contributed by atoms with van der Waals surface area (Å²) in [6.07, 6.45) is -3.34. The minimum atomic E-state index is -4.84. The van der Waals surface area contributed by atoms with E-state index in [9.17, 15) is 68.3 Å². The molecule has 498 valence electrons. The van der Waals surface area contributed by atoms with Gasteiger partial charge in [0.15, 0.2) is 0 Å². The molecule has 3 N–H and O–H groups in total. The highest BCUT2D eigenvalue weighted by atomic mass is 127. The molecule has 5 aromatic rings. The van der Waals surface area contributed by atoms with Gasteiger partial charge in [0.05, 0.1) is 47.7 Å². The summed E-state index contributed by atoms with van der Waals surface area (Å²) in [4.78, 5) is 80.6. The molecule has 3 aliphatic carbocycles. The average molecular weight is 1400 g/mol. The van der Waals surface area contributed by atoms with E-state index in [4.69, 9.17) is 15.2 Å². The highest BCUT2D eigenvalue weighted by molar-refractivity contribution is 14.1. The van der Waals surface area contributed by atoms with Crippen molar-refractivity contribution in [2.24, 2.45) is 28.6 Å². The van der Waals surface area contributed by atoms with Gasteiger partial charge < -0.3 is 35.2 Å². The second kappa shape index (κ2) is 29.4. The van der Waals surface area contributed by atoms with Gasteiger partial charge in [0.25, 0.3) is 0 Å². The first-order valence-electron chi connectivity index (χ1n) is 30.5. The Morgan fingerprint density at radius 1 is 0.533 bits per heavy atom. The number of alkyl halides is 10. The zero-order valence-electron chi connectivity index (χ0n) is 53.0. The Morgan fingerprint density at radius 3 is 1.28 bits per heavy atom. The Hall–Kier alpha value is -7.18. The first-order chi connectivity index (χ1) is 43.0. The number of amides is 4. The number of nitrogens with two attached hydrogens (primary N) is 1. The van der Waals surface area contributed by atoms with Crippen LogP contribution >= 0.6 is 22.6 Å². The summed E-state index contributed by atoms with van der Waals surface area (Å²) in [6, 6.07) is 22.2. The Morgan fingerprint density at radius 2 is 0.913 bits per heavy atom. The standard InChI is InChI=1S/C25H27F3N2O2.C18H23NO3.C14H17NO3.C8H5F6N.C4H7I/c1-15-10-19(25(26,27)28)12-20(11-15)29-23(32)24(18-8-5-9-18)13-21(31)30(14-24)22-16(2)6-4-7-17(22)3;1-12-6-4-7-13(2)16(12)19-11-18(10-15(19)20,17(21)22-3)14-8-5-9-14;1-9-5-4-6-10(2)13(9)15-8-11(7-12(15)16)14(17)18-3;9-7(10,11)4-1-5(8(12,13)14)3-6(15)2-4;5-4-2-1-3-4/h4,6-7,10-12,18H,5,8-9,13-14H2,1-3H3,(H,29,32);4,6-7,14H,5,8-11H2,1-3H3;4-6,11H,7-8H2,1-3H3;1-3H,15H2;4H,1-3H2. The van der Waals surface area contributed by atoms with Gasteiger partial charge in [0.1, 0.15) is 0 Å². The molecule has 0 aromatic heterocycles. The van der Waals surface area contributed by atoms with Crippen molar-refractivity contribution >= 4 is 86.6 Å². The number of anilines is 5. The number of esters is 2. The van der Waals surface area contributed by atoms with E-state index >= 15 is 0 Å². The lowest BCUT2D eigenvalue weighted by Crippen LogP contribution is -2.47. The van der Waals surface area contributed by atoms with Crippen molar-refractivity contribution in [2.45, 2.75) is 148 Å². The number of nitrogens with zero attached hydrogens (tertiary/aromatic N) is 3. The number of rotatable bonds is 9. The average Bonchev–Trinajstić information content (AvgIpc) is 1.59. The molecular weight excluding hydrogens is 1320 g/mol. The maximum absolute atomic E-state index is 13.6. The summed E-state index contributed by atoms with van der Waals surface area (Å²) in [5, 5.41) is 2.73. The van der Waals surface area contributed by atoms with Crippen LogP contribution in [0.25, 0.3) is 0 Å². The molecule has 3 heterocycles. The molecule has 3 saturated heterocycles. The molecule has 23 heteroatoms. The van der Waals surface area contributed by atoms with Crippen LogP contribution in [0.5, 0.6) is 0 Å². The second-order valence-electron chi connectivity index (χ2n) is 24.9. The predicted molar refractivity (Wildman–Crippen MR) is 343 cm³/mol. The molecule has 0 radical (unpaired) electrons. The van der Waals surface area contributed by atoms with Gasteiger partial charge in [0, 0.05) is 71.3 Å². The van der Waals surface area contributed by atoms with Crippen molar-refractivity contribution < 1.29 is 77.8 Å². The second-order valence-corrected chi connectivity index (χ2v) is 26.7.